The number of benzene rings is 2. The van der Waals surface area contributed by atoms with Crippen LogP contribution in [0.3, 0.4) is 0 Å². The van der Waals surface area contributed by atoms with Gasteiger partial charge in [-0.3, -0.25) is 9.59 Å². The number of allylic oxidation sites excluding steroid dienone is 3. The van der Waals surface area contributed by atoms with Gasteiger partial charge in [0.15, 0.2) is 5.78 Å². The number of Topliss-reactive ketones (excluding diaryl/α,β-unsaturated/α-hetero) is 2. The van der Waals surface area contributed by atoms with Crippen LogP contribution in [0.5, 0.6) is 0 Å². The molecule has 0 spiro atoms. The fourth-order valence-electron chi connectivity index (χ4n) is 2.74. The summed E-state index contributed by atoms with van der Waals surface area (Å²) in [7, 11) is 0. The van der Waals surface area contributed by atoms with E-state index < -0.39 is 5.41 Å². The van der Waals surface area contributed by atoms with Gasteiger partial charge in [-0.2, -0.15) is 0 Å². The van der Waals surface area contributed by atoms with E-state index in [2.05, 4.69) is 38.3 Å². The van der Waals surface area contributed by atoms with E-state index >= 15 is 0 Å². The number of rotatable bonds is 7. The molecule has 2 nitrogen and oxygen atoms in total. The van der Waals surface area contributed by atoms with Gasteiger partial charge in [0.05, 0.1) is 6.42 Å². The molecule has 1 atom stereocenters. The molecule has 0 N–H and O–H groups in total. The highest BCUT2D eigenvalue weighted by Crippen LogP contribution is 2.24. The molecule has 0 saturated heterocycles. The molecule has 0 aliphatic rings. The van der Waals surface area contributed by atoms with Crippen molar-refractivity contribution in [2.75, 3.05) is 0 Å². The van der Waals surface area contributed by atoms with Gasteiger partial charge in [0.1, 0.15) is 0 Å². The van der Waals surface area contributed by atoms with Gasteiger partial charge in [-0.15, -0.1) is 6.58 Å². The topological polar surface area (TPSA) is 34.1 Å². The maximum Gasteiger partial charge on any atom is 0.213 e. The van der Waals surface area contributed by atoms with Crippen molar-refractivity contribution in [2.24, 2.45) is 5.41 Å². The Morgan fingerprint density at radius 2 is 1.81 bits per heavy atom. The van der Waals surface area contributed by atoms with E-state index in [1.165, 1.54) is 5.57 Å². The number of fused-ring (bicyclic) bond motifs is 1. The van der Waals surface area contributed by atoms with Crippen molar-refractivity contribution in [1.82, 2.24) is 0 Å². The van der Waals surface area contributed by atoms with Crippen LogP contribution in [0.15, 0.2) is 66.8 Å². The summed E-state index contributed by atoms with van der Waals surface area (Å²) in [5.74, 6) is 5.09. The summed E-state index contributed by atoms with van der Waals surface area (Å²) in [6.45, 7) is 9.92. The number of hydrogen-bond donors (Lipinski definition) is 0. The Labute approximate surface area is 162 Å². The molecule has 138 valence electrons. The lowest BCUT2D eigenvalue weighted by atomic mass is 9.85. The average molecular weight is 358 g/mol. The van der Waals surface area contributed by atoms with Crippen LogP contribution in [0, 0.1) is 17.3 Å². The van der Waals surface area contributed by atoms with Gasteiger partial charge < -0.3 is 0 Å². The van der Waals surface area contributed by atoms with Crippen LogP contribution in [-0.2, 0) is 4.79 Å². The van der Waals surface area contributed by atoms with Gasteiger partial charge in [0.2, 0.25) is 5.78 Å². The number of carbonyl (C=O) groups is 2. The van der Waals surface area contributed by atoms with Crippen molar-refractivity contribution in [1.29, 1.82) is 0 Å². The van der Waals surface area contributed by atoms with Crippen molar-refractivity contribution in [3.63, 3.8) is 0 Å². The van der Waals surface area contributed by atoms with Crippen LogP contribution in [0.25, 0.3) is 10.8 Å². The number of ketones is 2. The molecule has 1 unspecified atom stereocenters. The number of carbonyl (C=O) groups excluding carboxylic acids is 2. The molecule has 0 aromatic heterocycles. The summed E-state index contributed by atoms with van der Waals surface area (Å²) in [4.78, 5) is 24.6. The molecule has 0 radical (unpaired) electrons. The minimum Gasteiger partial charge on any atom is -0.294 e. The molecular weight excluding hydrogens is 332 g/mol. The Bertz CT molecular complexity index is 949. The van der Waals surface area contributed by atoms with E-state index in [9.17, 15) is 9.59 Å². The molecule has 0 amide bonds. The largest absolute Gasteiger partial charge is 0.294 e. The zero-order valence-electron chi connectivity index (χ0n) is 16.3. The van der Waals surface area contributed by atoms with Crippen molar-refractivity contribution in [3.05, 3.63) is 72.3 Å². The summed E-state index contributed by atoms with van der Waals surface area (Å²) in [5, 5.41) is 2.05. The molecular formula is C25H26O2. The summed E-state index contributed by atoms with van der Waals surface area (Å²) >= 11 is 0. The SMILES string of the molecule is C=CC(C)(C#CC(=O)CC(=O)c1ccc2ccccc2c1)CCC=C(C)C. The van der Waals surface area contributed by atoms with Gasteiger partial charge in [0, 0.05) is 11.0 Å². The first kappa shape index (κ1) is 20.4. The molecule has 0 aliphatic carbocycles. The smallest absolute Gasteiger partial charge is 0.213 e. The van der Waals surface area contributed by atoms with E-state index in [1.54, 1.807) is 12.1 Å². The first-order chi connectivity index (χ1) is 12.8. The Hall–Kier alpha value is -2.92. The van der Waals surface area contributed by atoms with Crippen LogP contribution in [0.1, 0.15) is 50.4 Å². The second-order valence-electron chi connectivity index (χ2n) is 7.28. The second kappa shape index (κ2) is 9.14. The molecule has 0 aliphatic heterocycles. The fraction of sp³-hybridized carbons (Fsp3) is 0.280. The Morgan fingerprint density at radius 3 is 2.48 bits per heavy atom. The van der Waals surface area contributed by atoms with Crippen LogP contribution in [-0.4, -0.2) is 11.6 Å². The Balaban J connectivity index is 2.05. The third-order valence-corrected chi connectivity index (χ3v) is 4.55. The average Bonchev–Trinajstić information content (AvgIpc) is 2.65. The molecule has 0 heterocycles. The predicted molar refractivity (Wildman–Crippen MR) is 113 cm³/mol. The van der Waals surface area contributed by atoms with Crippen molar-refractivity contribution in [3.8, 4) is 11.8 Å². The van der Waals surface area contributed by atoms with Gasteiger partial charge in [-0.05, 0) is 56.4 Å². The normalized spacial score (nSPS) is 12.4. The molecule has 2 aromatic rings. The molecule has 2 aromatic carbocycles. The molecule has 0 fully saturated rings. The first-order valence-electron chi connectivity index (χ1n) is 9.18. The highest BCUT2D eigenvalue weighted by molar-refractivity contribution is 6.14. The van der Waals surface area contributed by atoms with E-state index in [0.717, 1.165) is 23.6 Å². The van der Waals surface area contributed by atoms with E-state index in [-0.39, 0.29) is 18.0 Å². The zero-order valence-corrected chi connectivity index (χ0v) is 16.3. The van der Waals surface area contributed by atoms with Gasteiger partial charge in [-0.25, -0.2) is 0 Å². The summed E-state index contributed by atoms with van der Waals surface area (Å²) in [6, 6.07) is 13.3. The van der Waals surface area contributed by atoms with Crippen LogP contribution in [0.4, 0.5) is 0 Å². The fourth-order valence-corrected chi connectivity index (χ4v) is 2.74. The molecule has 0 bridgehead atoms. The highest BCUT2D eigenvalue weighted by Gasteiger charge is 2.17. The van der Waals surface area contributed by atoms with Crippen molar-refractivity contribution >= 4 is 22.3 Å². The second-order valence-corrected chi connectivity index (χ2v) is 7.28. The van der Waals surface area contributed by atoms with Crippen LogP contribution >= 0.6 is 0 Å². The van der Waals surface area contributed by atoms with Gasteiger partial charge in [0.25, 0.3) is 0 Å². The summed E-state index contributed by atoms with van der Waals surface area (Å²) in [6.07, 6.45) is 5.39. The molecule has 2 rings (SSSR count). The third-order valence-electron chi connectivity index (χ3n) is 4.55. The molecule has 0 saturated carbocycles. The monoisotopic (exact) mass is 358 g/mol. The van der Waals surface area contributed by atoms with Gasteiger partial charge in [-0.1, -0.05) is 60.0 Å². The van der Waals surface area contributed by atoms with E-state index in [0.29, 0.717) is 5.56 Å². The van der Waals surface area contributed by atoms with E-state index in [4.69, 9.17) is 0 Å². The molecule has 27 heavy (non-hydrogen) atoms. The maximum absolute atomic E-state index is 12.4. The Kier molecular flexibility index (Phi) is 6.91. The quantitative estimate of drug-likeness (QED) is 0.202. The zero-order chi connectivity index (χ0) is 19.9. The van der Waals surface area contributed by atoms with Crippen molar-refractivity contribution in [2.45, 2.75) is 40.0 Å². The highest BCUT2D eigenvalue weighted by atomic mass is 16.1. The lowest BCUT2D eigenvalue weighted by molar-refractivity contribution is -0.113. The standard InChI is InChI=1S/C25H26O2/c1-5-25(4,15-8-9-19(2)3)16-14-23(26)18-24(27)22-13-12-20-10-6-7-11-21(20)17-22/h5-7,9-13,17H,1,8,15,18H2,2-4H3. The minimum absolute atomic E-state index is 0.202. The van der Waals surface area contributed by atoms with E-state index in [1.807, 2.05) is 43.3 Å². The maximum atomic E-state index is 12.4. The third kappa shape index (κ3) is 6.08. The van der Waals surface area contributed by atoms with Crippen LogP contribution < -0.4 is 0 Å². The number of hydrogen-bond acceptors (Lipinski definition) is 2. The lowest BCUT2D eigenvalue weighted by Crippen LogP contribution is -2.11. The summed E-state index contributed by atoms with van der Waals surface area (Å²) in [5.41, 5.74) is 1.36. The Morgan fingerprint density at radius 1 is 1.11 bits per heavy atom. The molecule has 2 heteroatoms. The first-order valence-corrected chi connectivity index (χ1v) is 9.18. The lowest BCUT2D eigenvalue weighted by Gasteiger charge is -2.17. The van der Waals surface area contributed by atoms with Crippen molar-refractivity contribution < 1.29 is 9.59 Å². The van der Waals surface area contributed by atoms with Crippen LogP contribution in [0.2, 0.25) is 0 Å². The minimum atomic E-state index is -0.437. The van der Waals surface area contributed by atoms with Gasteiger partial charge >= 0.3 is 0 Å². The summed E-state index contributed by atoms with van der Waals surface area (Å²) < 4.78 is 0. The predicted octanol–water partition coefficient (Wildman–Crippen LogP) is 5.92.